The maximum Gasteiger partial charge on any atom is 0.326 e. The van der Waals surface area contributed by atoms with Crippen LogP contribution in [0.3, 0.4) is 0 Å². The van der Waals surface area contributed by atoms with E-state index >= 15 is 0 Å². The first-order valence-corrected chi connectivity index (χ1v) is 8.75. The van der Waals surface area contributed by atoms with Crippen molar-refractivity contribution >= 4 is 34.9 Å². The third-order valence-electron chi connectivity index (χ3n) is 3.88. The van der Waals surface area contributed by atoms with Crippen molar-refractivity contribution in [2.24, 2.45) is 0 Å². The number of hydrogen-bond acceptors (Lipinski definition) is 8. The van der Waals surface area contributed by atoms with Crippen molar-refractivity contribution in [3.63, 3.8) is 0 Å². The minimum Gasteiger partial charge on any atom is -0.456 e. The number of esters is 1. The molecule has 0 N–H and O–H groups in total. The largest absolute Gasteiger partial charge is 0.456 e. The van der Waals surface area contributed by atoms with Crippen molar-refractivity contribution in [3.8, 4) is 6.07 Å². The van der Waals surface area contributed by atoms with Crippen molar-refractivity contribution in [2.75, 3.05) is 13.2 Å². The van der Waals surface area contributed by atoms with Gasteiger partial charge in [-0.25, -0.2) is 4.98 Å². The SMILES string of the molecule is Cc1csc([C@H](C#N)C(=O)COC(=O)CN2C(=O)c3ccccc3C2=O)n1. The number of ether oxygens (including phenoxy) is 1. The number of imide groups is 1. The quantitative estimate of drug-likeness (QED) is 0.547. The molecule has 1 aliphatic heterocycles. The molecular weight excluding hydrogens is 370 g/mol. The zero-order valence-electron chi connectivity index (χ0n) is 14.2. The fourth-order valence-electron chi connectivity index (χ4n) is 2.56. The van der Waals surface area contributed by atoms with Gasteiger partial charge in [0.2, 0.25) is 0 Å². The van der Waals surface area contributed by atoms with Gasteiger partial charge in [-0.3, -0.25) is 24.1 Å². The Balaban J connectivity index is 1.59. The van der Waals surface area contributed by atoms with Gasteiger partial charge in [-0.2, -0.15) is 5.26 Å². The van der Waals surface area contributed by atoms with Gasteiger partial charge in [-0.1, -0.05) is 12.1 Å². The molecule has 0 bridgehead atoms. The molecule has 9 heteroatoms. The third-order valence-corrected chi connectivity index (χ3v) is 4.90. The molecule has 2 aromatic rings. The van der Waals surface area contributed by atoms with Gasteiger partial charge < -0.3 is 4.74 Å². The highest BCUT2D eigenvalue weighted by Crippen LogP contribution is 2.23. The standard InChI is InChI=1S/C18H13N3O5S/c1-10-9-27-16(20-10)13(6-19)14(22)8-26-15(23)7-21-17(24)11-4-2-3-5-12(11)18(21)25/h2-5,9,13H,7-8H2,1H3/t13-/m1/s1. The summed E-state index contributed by atoms with van der Waals surface area (Å²) in [6.07, 6.45) is 0. The Hall–Kier alpha value is -3.38. The smallest absolute Gasteiger partial charge is 0.326 e. The van der Waals surface area contributed by atoms with E-state index in [1.165, 1.54) is 23.5 Å². The Morgan fingerprint density at radius 1 is 1.26 bits per heavy atom. The lowest BCUT2D eigenvalue weighted by molar-refractivity contribution is -0.148. The van der Waals surface area contributed by atoms with Gasteiger partial charge >= 0.3 is 5.97 Å². The molecule has 1 aliphatic rings. The number of nitriles is 1. The summed E-state index contributed by atoms with van der Waals surface area (Å²) in [4.78, 5) is 53.4. The fourth-order valence-corrected chi connectivity index (χ4v) is 3.42. The molecule has 1 aromatic heterocycles. The number of benzene rings is 1. The fraction of sp³-hybridized carbons (Fsp3) is 0.222. The number of fused-ring (bicyclic) bond motifs is 1. The van der Waals surface area contributed by atoms with Crippen molar-refractivity contribution in [3.05, 3.63) is 51.5 Å². The van der Waals surface area contributed by atoms with Crippen molar-refractivity contribution in [1.29, 1.82) is 5.26 Å². The van der Waals surface area contributed by atoms with Gasteiger partial charge in [0.25, 0.3) is 11.8 Å². The van der Waals surface area contributed by atoms with Crippen LogP contribution in [0.2, 0.25) is 0 Å². The summed E-state index contributed by atoms with van der Waals surface area (Å²) in [5.41, 5.74) is 1.12. The second-order valence-electron chi connectivity index (χ2n) is 5.76. The topological polar surface area (TPSA) is 117 Å². The average Bonchev–Trinajstić information content (AvgIpc) is 3.18. The maximum absolute atomic E-state index is 12.2. The van der Waals surface area contributed by atoms with Crippen molar-refractivity contribution in [1.82, 2.24) is 9.88 Å². The van der Waals surface area contributed by atoms with Crippen LogP contribution in [0.1, 0.15) is 37.3 Å². The highest BCUT2D eigenvalue weighted by Gasteiger charge is 2.36. The first-order chi connectivity index (χ1) is 12.9. The van der Waals surface area contributed by atoms with Crippen molar-refractivity contribution in [2.45, 2.75) is 12.8 Å². The summed E-state index contributed by atoms with van der Waals surface area (Å²) in [6, 6.07) is 8.07. The Labute approximate surface area is 158 Å². The van der Waals surface area contributed by atoms with Crippen LogP contribution in [0.25, 0.3) is 0 Å². The number of carbonyl (C=O) groups excluding carboxylic acids is 4. The molecule has 1 aromatic carbocycles. The van der Waals surface area contributed by atoms with Crippen LogP contribution in [0.15, 0.2) is 29.6 Å². The van der Waals surface area contributed by atoms with E-state index in [4.69, 9.17) is 4.74 Å². The van der Waals surface area contributed by atoms with Gasteiger partial charge in [-0.15, -0.1) is 11.3 Å². The molecule has 0 saturated carbocycles. The van der Waals surface area contributed by atoms with Crippen LogP contribution >= 0.6 is 11.3 Å². The second kappa shape index (κ2) is 7.47. The lowest BCUT2D eigenvalue weighted by Crippen LogP contribution is -2.36. The van der Waals surface area contributed by atoms with E-state index in [-0.39, 0.29) is 11.1 Å². The number of Topliss-reactive ketones (excluding diaryl/α,β-unsaturated/α-hetero) is 1. The van der Waals surface area contributed by atoms with Gasteiger partial charge in [0.05, 0.1) is 17.2 Å². The molecule has 0 fully saturated rings. The molecule has 0 saturated heterocycles. The van der Waals surface area contributed by atoms with E-state index in [0.717, 1.165) is 4.90 Å². The van der Waals surface area contributed by atoms with E-state index in [9.17, 15) is 24.4 Å². The van der Waals surface area contributed by atoms with E-state index in [1.54, 1.807) is 24.4 Å². The van der Waals surface area contributed by atoms with Gasteiger partial charge in [0.1, 0.15) is 11.6 Å². The lowest BCUT2D eigenvalue weighted by atomic mass is 10.1. The van der Waals surface area contributed by atoms with Gasteiger partial charge in [-0.05, 0) is 19.1 Å². The predicted octanol–water partition coefficient (Wildman–Crippen LogP) is 1.47. The summed E-state index contributed by atoms with van der Waals surface area (Å²) >= 11 is 1.17. The summed E-state index contributed by atoms with van der Waals surface area (Å²) in [5.74, 6) is -3.85. The average molecular weight is 383 g/mol. The Bertz CT molecular complexity index is 956. The Kier molecular flexibility index (Phi) is 5.09. The first kappa shape index (κ1) is 18.4. The van der Waals surface area contributed by atoms with Crippen LogP contribution in [0, 0.1) is 18.3 Å². The number of ketones is 1. The monoisotopic (exact) mass is 383 g/mol. The number of nitrogens with zero attached hydrogens (tertiary/aromatic N) is 3. The molecule has 0 aliphatic carbocycles. The van der Waals surface area contributed by atoms with Gasteiger partial charge in [0.15, 0.2) is 18.3 Å². The highest BCUT2D eigenvalue weighted by molar-refractivity contribution is 7.09. The lowest BCUT2D eigenvalue weighted by Gasteiger charge is -2.13. The molecule has 0 radical (unpaired) electrons. The zero-order valence-corrected chi connectivity index (χ0v) is 15.0. The van der Waals surface area contributed by atoms with Crippen LogP contribution in [0.5, 0.6) is 0 Å². The third kappa shape index (κ3) is 3.61. The predicted molar refractivity (Wildman–Crippen MR) is 93.0 cm³/mol. The molecular formula is C18H13N3O5S. The van der Waals surface area contributed by atoms with Crippen LogP contribution in [0.4, 0.5) is 0 Å². The number of aryl methyl sites for hydroxylation is 1. The molecule has 0 spiro atoms. The highest BCUT2D eigenvalue weighted by atomic mass is 32.1. The van der Waals surface area contributed by atoms with Crippen LogP contribution in [-0.4, -0.2) is 46.6 Å². The first-order valence-electron chi connectivity index (χ1n) is 7.87. The normalized spacial score (nSPS) is 13.9. The minimum absolute atomic E-state index is 0.218. The molecule has 2 amide bonds. The van der Waals surface area contributed by atoms with Gasteiger partial charge in [0, 0.05) is 11.1 Å². The molecule has 136 valence electrons. The van der Waals surface area contributed by atoms with E-state index in [2.05, 4.69) is 4.98 Å². The van der Waals surface area contributed by atoms with E-state index in [0.29, 0.717) is 10.7 Å². The van der Waals surface area contributed by atoms with Crippen LogP contribution in [-0.2, 0) is 14.3 Å². The number of hydrogen-bond donors (Lipinski definition) is 0. The minimum atomic E-state index is -1.13. The summed E-state index contributed by atoms with van der Waals surface area (Å²) in [6.45, 7) is 0.493. The second-order valence-corrected chi connectivity index (χ2v) is 6.65. The van der Waals surface area contributed by atoms with E-state index < -0.39 is 42.6 Å². The number of carbonyl (C=O) groups is 4. The van der Waals surface area contributed by atoms with Crippen molar-refractivity contribution < 1.29 is 23.9 Å². The van der Waals surface area contributed by atoms with Crippen LogP contribution < -0.4 is 0 Å². The molecule has 2 heterocycles. The zero-order chi connectivity index (χ0) is 19.6. The molecule has 3 rings (SSSR count). The number of amides is 2. The number of thiazole rings is 1. The summed E-state index contributed by atoms with van der Waals surface area (Å²) < 4.78 is 4.86. The Morgan fingerprint density at radius 2 is 1.89 bits per heavy atom. The molecule has 27 heavy (non-hydrogen) atoms. The summed E-state index contributed by atoms with van der Waals surface area (Å²) in [5, 5.41) is 11.2. The summed E-state index contributed by atoms with van der Waals surface area (Å²) in [7, 11) is 0. The van der Waals surface area contributed by atoms with E-state index in [1.807, 2.05) is 6.07 Å². The maximum atomic E-state index is 12.2. The molecule has 0 unspecified atom stereocenters. The number of aromatic nitrogens is 1. The Morgan fingerprint density at radius 3 is 2.41 bits per heavy atom. The molecule has 1 atom stereocenters. The number of rotatable bonds is 6. The molecule has 8 nitrogen and oxygen atoms in total.